The summed E-state index contributed by atoms with van der Waals surface area (Å²) in [5.74, 6) is 1.91. The zero-order valence-electron chi connectivity index (χ0n) is 17.7. The molecule has 4 nitrogen and oxygen atoms in total. The largest absolute Gasteiger partial charge is 0.301 e. The molecule has 0 amide bonds. The van der Waals surface area contributed by atoms with Crippen molar-refractivity contribution in [3.8, 4) is 0 Å². The molecule has 0 unspecified atom stereocenters. The van der Waals surface area contributed by atoms with Crippen LogP contribution < -0.4 is 5.56 Å². The van der Waals surface area contributed by atoms with Crippen molar-refractivity contribution in [2.24, 2.45) is 11.8 Å². The predicted octanol–water partition coefficient (Wildman–Crippen LogP) is 5.58. The van der Waals surface area contributed by atoms with E-state index < -0.39 is 0 Å². The Balaban J connectivity index is 1.29. The summed E-state index contributed by atoms with van der Waals surface area (Å²) in [5, 5.41) is 0.111. The third-order valence-corrected chi connectivity index (χ3v) is 8.91. The highest BCUT2D eigenvalue weighted by Crippen LogP contribution is 2.47. The molecule has 4 aliphatic rings. The molecule has 0 spiro atoms. The zero-order valence-corrected chi connectivity index (χ0v) is 18.4. The Kier molecular flexibility index (Phi) is 4.91. The molecule has 2 aliphatic heterocycles. The van der Waals surface area contributed by atoms with Gasteiger partial charge < -0.3 is 4.57 Å². The lowest BCUT2D eigenvalue weighted by Crippen LogP contribution is -2.52. The minimum Gasteiger partial charge on any atom is -0.301 e. The normalized spacial score (nSPS) is 36.7. The van der Waals surface area contributed by atoms with Gasteiger partial charge >= 0.3 is 0 Å². The lowest BCUT2D eigenvalue weighted by molar-refractivity contribution is 0.0204. The molecule has 0 radical (unpaired) electrons. The summed E-state index contributed by atoms with van der Waals surface area (Å²) in [5.41, 5.74) is 1.65. The highest BCUT2D eigenvalue weighted by Gasteiger charge is 2.46. The van der Waals surface area contributed by atoms with Crippen molar-refractivity contribution in [1.82, 2.24) is 14.5 Å². The molecule has 160 valence electrons. The number of nitrogens with zero attached hydrogens (tertiary/aromatic N) is 3. The smallest absolute Gasteiger partial charge is 0.288 e. The number of para-hydroxylation sites is 2. The van der Waals surface area contributed by atoms with Crippen LogP contribution in [-0.2, 0) is 0 Å². The van der Waals surface area contributed by atoms with Gasteiger partial charge in [-0.25, -0.2) is 4.98 Å². The fourth-order valence-electron chi connectivity index (χ4n) is 7.59. The molecular weight excluding hydrogens is 394 g/mol. The second-order valence-corrected chi connectivity index (χ2v) is 10.8. The Labute approximate surface area is 183 Å². The van der Waals surface area contributed by atoms with Gasteiger partial charge in [0.05, 0.1) is 11.0 Å². The Hall–Kier alpha value is -1.39. The molecule has 4 atom stereocenters. The lowest BCUT2D eigenvalue weighted by atomic mass is 9.76. The molecule has 2 saturated carbocycles. The summed E-state index contributed by atoms with van der Waals surface area (Å²) >= 11 is 6.27. The molecule has 4 fully saturated rings. The van der Waals surface area contributed by atoms with Crippen LogP contribution in [0.5, 0.6) is 0 Å². The highest BCUT2D eigenvalue weighted by molar-refractivity contribution is 6.29. The number of hydrogen-bond acceptors (Lipinski definition) is 3. The van der Waals surface area contributed by atoms with Crippen molar-refractivity contribution in [2.45, 2.75) is 94.8 Å². The number of halogens is 1. The molecule has 0 N–H and O–H groups in total. The van der Waals surface area contributed by atoms with Gasteiger partial charge in [-0.2, -0.15) is 0 Å². The lowest BCUT2D eigenvalue weighted by Gasteiger charge is -2.48. The first-order valence-corrected chi connectivity index (χ1v) is 12.5. The Morgan fingerprint density at radius 2 is 1.47 bits per heavy atom. The first-order chi connectivity index (χ1) is 14.7. The molecule has 2 aliphatic carbocycles. The fourth-order valence-corrected chi connectivity index (χ4v) is 7.77. The van der Waals surface area contributed by atoms with Gasteiger partial charge in [0.2, 0.25) is 0 Å². The van der Waals surface area contributed by atoms with E-state index in [1.54, 1.807) is 0 Å². The SMILES string of the molecule is O=c1c(Cl)nc2ccccc2n1C1C[C@H]2CC[C@H](C1)N2C1C[C@H]2CCCC[C@H](C1)C2. The van der Waals surface area contributed by atoms with E-state index in [1.165, 1.54) is 57.8 Å². The van der Waals surface area contributed by atoms with Gasteiger partial charge in [-0.1, -0.05) is 49.4 Å². The van der Waals surface area contributed by atoms with Gasteiger partial charge in [-0.05, 0) is 68.9 Å². The van der Waals surface area contributed by atoms with Gasteiger partial charge in [0.25, 0.3) is 5.56 Å². The summed E-state index contributed by atoms with van der Waals surface area (Å²) < 4.78 is 1.98. The topological polar surface area (TPSA) is 38.1 Å². The summed E-state index contributed by atoms with van der Waals surface area (Å²) in [4.78, 5) is 20.3. The van der Waals surface area contributed by atoms with Crippen LogP contribution >= 0.6 is 11.6 Å². The van der Waals surface area contributed by atoms with Crippen LogP contribution in [0.15, 0.2) is 29.1 Å². The van der Waals surface area contributed by atoms with Gasteiger partial charge in [-0.15, -0.1) is 0 Å². The number of hydrogen-bond donors (Lipinski definition) is 0. The van der Waals surface area contributed by atoms with Crippen molar-refractivity contribution >= 4 is 22.6 Å². The van der Waals surface area contributed by atoms with Crippen LogP contribution in [-0.4, -0.2) is 32.6 Å². The average Bonchev–Trinajstić information content (AvgIpc) is 2.90. The number of aromatic nitrogens is 2. The van der Waals surface area contributed by atoms with Crippen LogP contribution in [0, 0.1) is 11.8 Å². The van der Waals surface area contributed by atoms with E-state index in [-0.39, 0.29) is 16.8 Å². The molecule has 1 aromatic heterocycles. The van der Waals surface area contributed by atoms with Crippen molar-refractivity contribution in [3.63, 3.8) is 0 Å². The van der Waals surface area contributed by atoms with Crippen LogP contribution in [0.4, 0.5) is 0 Å². The monoisotopic (exact) mass is 425 g/mol. The maximum atomic E-state index is 13.0. The molecule has 30 heavy (non-hydrogen) atoms. The molecular formula is C25H32ClN3O. The standard InChI is InChI=1S/C25H32ClN3O/c26-24-25(30)29(23-8-4-3-7-22(23)27-24)21-14-18-9-10-19(15-21)28(18)20-12-16-5-1-2-6-17(11-16)13-20/h3-4,7-8,16-21H,1-2,5-6,9-15H2/t16-,17-,18+,19+/m0/s1. The van der Waals surface area contributed by atoms with Crippen LogP contribution in [0.2, 0.25) is 5.15 Å². The van der Waals surface area contributed by atoms with E-state index in [2.05, 4.69) is 9.88 Å². The van der Waals surface area contributed by atoms with E-state index in [1.807, 2.05) is 28.8 Å². The summed E-state index contributed by atoms with van der Waals surface area (Å²) in [6, 6.07) is 10.2. The molecule has 3 heterocycles. The van der Waals surface area contributed by atoms with Gasteiger partial charge in [-0.3, -0.25) is 9.69 Å². The van der Waals surface area contributed by atoms with Gasteiger partial charge in [0.15, 0.2) is 5.15 Å². The quantitative estimate of drug-likeness (QED) is 0.630. The zero-order chi connectivity index (χ0) is 20.2. The number of piperidine rings is 1. The Morgan fingerprint density at radius 1 is 0.800 bits per heavy atom. The first-order valence-electron chi connectivity index (χ1n) is 12.1. The van der Waals surface area contributed by atoms with E-state index in [0.717, 1.165) is 41.8 Å². The van der Waals surface area contributed by atoms with E-state index in [4.69, 9.17) is 11.6 Å². The van der Waals surface area contributed by atoms with Crippen LogP contribution in [0.25, 0.3) is 11.0 Å². The predicted molar refractivity (Wildman–Crippen MR) is 121 cm³/mol. The molecule has 4 bridgehead atoms. The maximum Gasteiger partial charge on any atom is 0.288 e. The van der Waals surface area contributed by atoms with E-state index >= 15 is 0 Å². The van der Waals surface area contributed by atoms with Gasteiger partial charge in [0.1, 0.15) is 0 Å². The number of rotatable bonds is 2. The van der Waals surface area contributed by atoms with Gasteiger partial charge in [0, 0.05) is 24.2 Å². The van der Waals surface area contributed by atoms with Crippen molar-refractivity contribution < 1.29 is 0 Å². The first kappa shape index (κ1) is 19.3. The second kappa shape index (κ2) is 7.63. The van der Waals surface area contributed by atoms with E-state index in [0.29, 0.717) is 12.1 Å². The van der Waals surface area contributed by atoms with Crippen LogP contribution in [0.1, 0.15) is 76.7 Å². The third kappa shape index (κ3) is 3.22. The molecule has 1 aromatic carbocycles. The van der Waals surface area contributed by atoms with Crippen molar-refractivity contribution in [2.75, 3.05) is 0 Å². The minimum absolute atomic E-state index is 0.111. The molecule has 2 aromatic rings. The highest BCUT2D eigenvalue weighted by atomic mass is 35.5. The molecule has 6 rings (SSSR count). The Bertz CT molecular complexity index is 976. The fraction of sp³-hybridized carbons (Fsp3) is 0.680. The minimum atomic E-state index is -0.114. The Morgan fingerprint density at radius 3 is 2.17 bits per heavy atom. The number of benzene rings is 1. The second-order valence-electron chi connectivity index (χ2n) is 10.4. The third-order valence-electron chi connectivity index (χ3n) is 8.66. The molecule has 2 saturated heterocycles. The maximum absolute atomic E-state index is 13.0. The number of fused-ring (bicyclic) bond motifs is 5. The van der Waals surface area contributed by atoms with Crippen LogP contribution in [0.3, 0.4) is 0 Å². The summed E-state index contributed by atoms with van der Waals surface area (Å²) in [6.45, 7) is 0. The van der Waals surface area contributed by atoms with Crippen molar-refractivity contribution in [1.29, 1.82) is 0 Å². The summed E-state index contributed by atoms with van der Waals surface area (Å²) in [7, 11) is 0. The van der Waals surface area contributed by atoms with Crippen molar-refractivity contribution in [3.05, 3.63) is 39.8 Å². The summed E-state index contributed by atoms with van der Waals surface area (Å²) in [6.07, 6.45) is 14.8. The average molecular weight is 426 g/mol. The van der Waals surface area contributed by atoms with E-state index in [9.17, 15) is 4.79 Å². The molecule has 5 heteroatoms.